The molecule has 0 heterocycles. The van der Waals surface area contributed by atoms with Crippen LogP contribution in [0.3, 0.4) is 0 Å². The van der Waals surface area contributed by atoms with Gasteiger partial charge in [0.2, 0.25) is 0 Å². The number of Topliss-reactive ketones (excluding diaryl/α,β-unsaturated/α-hetero) is 2. The standard InChI is InChI=1S/C15H25NO2S/c1-4-6-12(16)15-13(17)8-11(9-14(15)18)7-10(3)19-5-2/h10-11,15-16H,4-9H2,1-3H3/t10-,11?,15?/m0/s1. The Bertz CT molecular complexity index is 336. The minimum atomic E-state index is -0.717. The van der Waals surface area contributed by atoms with Gasteiger partial charge in [0.1, 0.15) is 17.5 Å². The molecule has 0 spiro atoms. The van der Waals surface area contributed by atoms with Crippen molar-refractivity contribution in [3.63, 3.8) is 0 Å². The summed E-state index contributed by atoms with van der Waals surface area (Å²) in [6, 6.07) is 0. The third-order valence-corrected chi connectivity index (χ3v) is 4.70. The fraction of sp³-hybridized carbons (Fsp3) is 0.800. The van der Waals surface area contributed by atoms with Crippen LogP contribution in [0.15, 0.2) is 0 Å². The van der Waals surface area contributed by atoms with Gasteiger partial charge < -0.3 is 5.41 Å². The third kappa shape index (κ3) is 4.75. The van der Waals surface area contributed by atoms with Crippen LogP contribution in [-0.2, 0) is 9.59 Å². The summed E-state index contributed by atoms with van der Waals surface area (Å²) in [4.78, 5) is 24.2. The lowest BCUT2D eigenvalue weighted by molar-refractivity contribution is -0.134. The molecule has 1 rings (SSSR count). The van der Waals surface area contributed by atoms with Gasteiger partial charge in [0.05, 0.1) is 0 Å². The minimum absolute atomic E-state index is 0.0200. The zero-order valence-corrected chi connectivity index (χ0v) is 13.0. The fourth-order valence-corrected chi connectivity index (χ4v) is 3.82. The van der Waals surface area contributed by atoms with Crippen LogP contribution in [0.4, 0.5) is 0 Å². The van der Waals surface area contributed by atoms with Crippen molar-refractivity contribution in [1.82, 2.24) is 0 Å². The van der Waals surface area contributed by atoms with Crippen molar-refractivity contribution < 1.29 is 9.59 Å². The number of carbonyl (C=O) groups excluding carboxylic acids is 2. The Hall–Kier alpha value is -0.640. The maximum Gasteiger partial charge on any atom is 0.149 e. The highest BCUT2D eigenvalue weighted by Gasteiger charge is 2.37. The summed E-state index contributed by atoms with van der Waals surface area (Å²) >= 11 is 1.88. The van der Waals surface area contributed by atoms with Crippen LogP contribution in [0.1, 0.15) is 52.9 Å². The van der Waals surface area contributed by atoms with Crippen LogP contribution >= 0.6 is 11.8 Å². The van der Waals surface area contributed by atoms with Crippen molar-refractivity contribution in [2.45, 2.75) is 58.1 Å². The Balaban J connectivity index is 2.58. The lowest BCUT2D eigenvalue weighted by Gasteiger charge is -2.28. The first-order valence-corrected chi connectivity index (χ1v) is 8.28. The Kier molecular flexibility index (Phi) is 6.76. The molecule has 1 aliphatic carbocycles. The second-order valence-corrected chi connectivity index (χ2v) is 7.13. The molecule has 108 valence electrons. The second kappa shape index (κ2) is 7.83. The van der Waals surface area contributed by atoms with Crippen LogP contribution in [0.25, 0.3) is 0 Å². The number of rotatable bonds is 7. The molecule has 3 nitrogen and oxygen atoms in total. The lowest BCUT2D eigenvalue weighted by Crippen LogP contribution is -2.38. The molecule has 1 fully saturated rings. The van der Waals surface area contributed by atoms with Crippen molar-refractivity contribution in [2.75, 3.05) is 5.75 Å². The highest BCUT2D eigenvalue weighted by Crippen LogP contribution is 2.30. The molecule has 1 N–H and O–H groups in total. The van der Waals surface area contributed by atoms with Gasteiger partial charge in [-0.2, -0.15) is 11.8 Å². The predicted molar refractivity (Wildman–Crippen MR) is 81.1 cm³/mol. The Morgan fingerprint density at radius 2 is 1.89 bits per heavy atom. The Labute approximate surface area is 120 Å². The van der Waals surface area contributed by atoms with Crippen molar-refractivity contribution >= 4 is 29.0 Å². The first kappa shape index (κ1) is 16.4. The summed E-state index contributed by atoms with van der Waals surface area (Å²) in [5.74, 6) is 0.506. The fourth-order valence-electron chi connectivity index (χ4n) is 2.85. The quantitative estimate of drug-likeness (QED) is 0.574. The van der Waals surface area contributed by atoms with E-state index in [1.165, 1.54) is 0 Å². The molecule has 0 aromatic heterocycles. The van der Waals surface area contributed by atoms with E-state index in [2.05, 4.69) is 13.8 Å². The van der Waals surface area contributed by atoms with Crippen LogP contribution in [-0.4, -0.2) is 28.3 Å². The molecule has 1 aliphatic rings. The summed E-state index contributed by atoms with van der Waals surface area (Å²) < 4.78 is 0. The molecule has 0 aromatic rings. The highest BCUT2D eigenvalue weighted by molar-refractivity contribution is 7.99. The molecule has 19 heavy (non-hydrogen) atoms. The number of hydrogen-bond donors (Lipinski definition) is 1. The zero-order chi connectivity index (χ0) is 14.4. The maximum atomic E-state index is 12.1. The predicted octanol–water partition coefficient (Wildman–Crippen LogP) is 3.50. The monoisotopic (exact) mass is 283 g/mol. The molecular weight excluding hydrogens is 258 g/mol. The van der Waals surface area contributed by atoms with Crippen molar-refractivity contribution in [2.24, 2.45) is 11.8 Å². The number of hydrogen-bond acceptors (Lipinski definition) is 4. The summed E-state index contributed by atoms with van der Waals surface area (Å²) in [7, 11) is 0. The molecule has 0 radical (unpaired) electrons. The van der Waals surface area contributed by atoms with Crippen molar-refractivity contribution in [3.8, 4) is 0 Å². The first-order chi connectivity index (χ1) is 8.99. The van der Waals surface area contributed by atoms with E-state index in [1.807, 2.05) is 18.7 Å². The largest absolute Gasteiger partial charge is 0.308 e. The number of ketones is 2. The van der Waals surface area contributed by atoms with E-state index in [-0.39, 0.29) is 17.5 Å². The molecule has 4 heteroatoms. The average molecular weight is 283 g/mol. The maximum absolute atomic E-state index is 12.1. The van der Waals surface area contributed by atoms with Crippen molar-refractivity contribution in [3.05, 3.63) is 0 Å². The molecule has 0 aromatic carbocycles. The van der Waals surface area contributed by atoms with E-state index < -0.39 is 5.92 Å². The number of carbonyl (C=O) groups is 2. The summed E-state index contributed by atoms with van der Waals surface area (Å²) in [6.07, 6.45) is 3.29. The van der Waals surface area contributed by atoms with E-state index >= 15 is 0 Å². The van der Waals surface area contributed by atoms with E-state index in [4.69, 9.17) is 5.41 Å². The molecule has 0 unspecified atom stereocenters. The molecule has 1 atom stereocenters. The van der Waals surface area contributed by atoms with Gasteiger partial charge in [0.25, 0.3) is 0 Å². The molecule has 0 saturated heterocycles. The van der Waals surface area contributed by atoms with Crippen LogP contribution in [0, 0.1) is 17.2 Å². The van der Waals surface area contributed by atoms with Crippen LogP contribution < -0.4 is 0 Å². The molecule has 0 amide bonds. The van der Waals surface area contributed by atoms with Gasteiger partial charge in [-0.15, -0.1) is 0 Å². The summed E-state index contributed by atoms with van der Waals surface area (Å²) in [5, 5.41) is 8.37. The first-order valence-electron chi connectivity index (χ1n) is 7.23. The third-order valence-electron chi connectivity index (χ3n) is 3.61. The average Bonchev–Trinajstić information content (AvgIpc) is 2.28. The van der Waals surface area contributed by atoms with Gasteiger partial charge in [0.15, 0.2) is 0 Å². The lowest BCUT2D eigenvalue weighted by atomic mass is 9.75. The smallest absolute Gasteiger partial charge is 0.149 e. The number of nitrogens with one attached hydrogen (secondary N) is 1. The topological polar surface area (TPSA) is 58.0 Å². The van der Waals surface area contributed by atoms with Gasteiger partial charge in [-0.25, -0.2) is 0 Å². The summed E-state index contributed by atoms with van der Waals surface area (Å²) in [6.45, 7) is 6.26. The van der Waals surface area contributed by atoms with Gasteiger partial charge in [0, 0.05) is 23.8 Å². The second-order valence-electron chi connectivity index (χ2n) is 5.42. The SMILES string of the molecule is CCCC(=N)C1C(=O)CC(C[C@H](C)SCC)CC1=O. The summed E-state index contributed by atoms with van der Waals surface area (Å²) in [5.41, 5.74) is 0.326. The van der Waals surface area contributed by atoms with Crippen molar-refractivity contribution in [1.29, 1.82) is 5.41 Å². The molecule has 0 bridgehead atoms. The molecule has 1 saturated carbocycles. The molecular formula is C15H25NO2S. The minimum Gasteiger partial charge on any atom is -0.308 e. The normalized spacial score (nSPS) is 25.4. The van der Waals surface area contributed by atoms with Gasteiger partial charge in [-0.1, -0.05) is 27.2 Å². The van der Waals surface area contributed by atoms with E-state index in [1.54, 1.807) is 0 Å². The zero-order valence-electron chi connectivity index (χ0n) is 12.2. The van der Waals surface area contributed by atoms with Gasteiger partial charge in [-0.05, 0) is 24.5 Å². The van der Waals surface area contributed by atoms with Gasteiger partial charge in [-0.3, -0.25) is 9.59 Å². The number of thioether (sulfide) groups is 1. The Morgan fingerprint density at radius 3 is 2.37 bits per heavy atom. The molecule has 0 aliphatic heterocycles. The van der Waals surface area contributed by atoms with Crippen LogP contribution in [0.5, 0.6) is 0 Å². The van der Waals surface area contributed by atoms with Gasteiger partial charge >= 0.3 is 0 Å². The Morgan fingerprint density at radius 1 is 1.32 bits per heavy atom. The highest BCUT2D eigenvalue weighted by atomic mass is 32.2. The van der Waals surface area contributed by atoms with E-state index in [9.17, 15) is 9.59 Å². The van der Waals surface area contributed by atoms with Crippen LogP contribution in [0.2, 0.25) is 0 Å². The van der Waals surface area contributed by atoms with E-state index in [0.29, 0.717) is 30.2 Å². The van der Waals surface area contributed by atoms with E-state index in [0.717, 1.165) is 18.6 Å².